The van der Waals surface area contributed by atoms with Gasteiger partial charge in [0.05, 0.1) is 4.88 Å². The van der Waals surface area contributed by atoms with Gasteiger partial charge in [-0.2, -0.15) is 0 Å². The summed E-state index contributed by atoms with van der Waals surface area (Å²) in [6.07, 6.45) is 3.57. The Morgan fingerprint density at radius 1 is 1.12 bits per heavy atom. The molecular weight excluding hydrogens is 218 g/mol. The van der Waals surface area contributed by atoms with Crippen LogP contribution in [0.4, 0.5) is 0 Å². The van der Waals surface area contributed by atoms with Gasteiger partial charge >= 0.3 is 0 Å². The van der Waals surface area contributed by atoms with Crippen LogP contribution in [0.2, 0.25) is 0 Å². The molecule has 0 fully saturated rings. The number of pyridine rings is 1. The summed E-state index contributed by atoms with van der Waals surface area (Å²) >= 11 is 1.70. The zero-order valence-electron chi connectivity index (χ0n) is 8.71. The highest BCUT2D eigenvalue weighted by Gasteiger charge is 2.05. The van der Waals surface area contributed by atoms with Crippen molar-refractivity contribution in [2.75, 3.05) is 0 Å². The normalized spacial score (nSPS) is 10.8. The van der Waals surface area contributed by atoms with Crippen LogP contribution >= 0.6 is 11.3 Å². The number of aromatic nitrogens is 3. The summed E-state index contributed by atoms with van der Waals surface area (Å²) in [7, 11) is 0. The molecule has 0 N–H and O–H groups in total. The van der Waals surface area contributed by atoms with E-state index in [2.05, 4.69) is 27.9 Å². The minimum Gasteiger partial charge on any atom is -0.237 e. The third-order valence-electron chi connectivity index (χ3n) is 2.32. The molecule has 0 unspecified atom stereocenters. The van der Waals surface area contributed by atoms with Gasteiger partial charge in [0.2, 0.25) is 0 Å². The van der Waals surface area contributed by atoms with Crippen molar-refractivity contribution in [3.63, 3.8) is 0 Å². The number of nitrogens with zero attached hydrogens (tertiary/aromatic N) is 3. The van der Waals surface area contributed by atoms with Crippen molar-refractivity contribution in [3.05, 3.63) is 41.5 Å². The summed E-state index contributed by atoms with van der Waals surface area (Å²) in [5, 5.41) is 0.972. The topological polar surface area (TPSA) is 38.7 Å². The Hall–Kier alpha value is -1.81. The molecule has 78 valence electrons. The zero-order chi connectivity index (χ0) is 11.0. The van der Waals surface area contributed by atoms with Crippen LogP contribution < -0.4 is 0 Å². The van der Waals surface area contributed by atoms with Crippen LogP contribution in [0.5, 0.6) is 0 Å². The molecule has 3 heterocycles. The van der Waals surface area contributed by atoms with Crippen LogP contribution in [-0.4, -0.2) is 15.0 Å². The summed E-state index contributed by atoms with van der Waals surface area (Å²) in [6.45, 7) is 2.08. The van der Waals surface area contributed by atoms with Crippen LogP contribution in [0.1, 0.15) is 4.88 Å². The lowest BCUT2D eigenvalue weighted by Crippen LogP contribution is -1.89. The summed E-state index contributed by atoms with van der Waals surface area (Å²) in [6, 6.07) is 7.97. The fourth-order valence-electron chi connectivity index (χ4n) is 1.54. The van der Waals surface area contributed by atoms with Gasteiger partial charge in [0.1, 0.15) is 0 Å². The Balaban J connectivity index is 2.18. The third-order valence-corrected chi connectivity index (χ3v) is 3.31. The summed E-state index contributed by atoms with van der Waals surface area (Å²) in [5.74, 6) is 0.754. The standard InChI is InChI=1S/C12H9N3S/c1-8-4-5-10(16-8)12-14-7-9-3-2-6-13-11(9)15-12/h2-7H,1H3. The first-order valence-corrected chi connectivity index (χ1v) is 5.79. The molecule has 3 nitrogen and oxygen atoms in total. The van der Waals surface area contributed by atoms with E-state index in [9.17, 15) is 0 Å². The number of hydrogen-bond acceptors (Lipinski definition) is 4. The summed E-state index contributed by atoms with van der Waals surface area (Å²) in [4.78, 5) is 15.4. The second kappa shape index (κ2) is 3.64. The van der Waals surface area contributed by atoms with Gasteiger partial charge < -0.3 is 0 Å². The molecule has 0 aliphatic heterocycles. The largest absolute Gasteiger partial charge is 0.237 e. The average molecular weight is 227 g/mol. The SMILES string of the molecule is Cc1ccc(-c2ncc3cccnc3n2)s1. The lowest BCUT2D eigenvalue weighted by Gasteiger charge is -1.98. The number of hydrogen-bond donors (Lipinski definition) is 0. The van der Waals surface area contributed by atoms with Crippen LogP contribution in [-0.2, 0) is 0 Å². The number of fused-ring (bicyclic) bond motifs is 1. The molecule has 0 aliphatic carbocycles. The molecule has 0 aromatic carbocycles. The average Bonchev–Trinajstić information content (AvgIpc) is 2.75. The van der Waals surface area contributed by atoms with Crippen LogP contribution in [0.15, 0.2) is 36.7 Å². The van der Waals surface area contributed by atoms with Crippen molar-refractivity contribution < 1.29 is 0 Å². The van der Waals surface area contributed by atoms with E-state index in [-0.39, 0.29) is 0 Å². The zero-order valence-corrected chi connectivity index (χ0v) is 9.53. The fraction of sp³-hybridized carbons (Fsp3) is 0.0833. The van der Waals surface area contributed by atoms with Crippen LogP contribution in [0.3, 0.4) is 0 Å². The second-order valence-corrected chi connectivity index (χ2v) is 4.81. The lowest BCUT2D eigenvalue weighted by molar-refractivity contribution is 1.20. The maximum atomic E-state index is 4.45. The molecule has 0 bridgehead atoms. The van der Waals surface area contributed by atoms with Crippen molar-refractivity contribution in [2.45, 2.75) is 6.92 Å². The number of rotatable bonds is 1. The van der Waals surface area contributed by atoms with E-state index in [0.29, 0.717) is 0 Å². The van der Waals surface area contributed by atoms with Gasteiger partial charge in [-0.25, -0.2) is 15.0 Å². The highest BCUT2D eigenvalue weighted by Crippen LogP contribution is 2.25. The fourth-order valence-corrected chi connectivity index (χ4v) is 2.35. The molecule has 0 atom stereocenters. The Bertz CT molecular complexity index is 645. The smallest absolute Gasteiger partial charge is 0.171 e. The quantitative estimate of drug-likeness (QED) is 0.641. The van der Waals surface area contributed by atoms with E-state index in [1.54, 1.807) is 17.5 Å². The molecule has 4 heteroatoms. The van der Waals surface area contributed by atoms with Crippen LogP contribution in [0, 0.1) is 6.92 Å². The minimum atomic E-state index is 0.749. The molecule has 16 heavy (non-hydrogen) atoms. The predicted octanol–water partition coefficient (Wildman–Crippen LogP) is 3.06. The van der Waals surface area contributed by atoms with Gasteiger partial charge in [-0.15, -0.1) is 11.3 Å². The predicted molar refractivity (Wildman–Crippen MR) is 65.4 cm³/mol. The van der Waals surface area contributed by atoms with Crippen molar-refractivity contribution in [2.24, 2.45) is 0 Å². The van der Waals surface area contributed by atoms with Crippen LogP contribution in [0.25, 0.3) is 21.7 Å². The maximum absolute atomic E-state index is 4.45. The molecular formula is C12H9N3S. The van der Waals surface area contributed by atoms with E-state index in [4.69, 9.17) is 0 Å². The van der Waals surface area contributed by atoms with Crippen molar-refractivity contribution >= 4 is 22.4 Å². The molecule has 3 aromatic heterocycles. The number of aryl methyl sites for hydroxylation is 1. The Morgan fingerprint density at radius 3 is 2.88 bits per heavy atom. The van der Waals surface area contributed by atoms with E-state index in [0.717, 1.165) is 21.7 Å². The maximum Gasteiger partial charge on any atom is 0.171 e. The lowest BCUT2D eigenvalue weighted by atomic mass is 10.3. The molecule has 0 saturated carbocycles. The molecule has 0 saturated heterocycles. The van der Waals surface area contributed by atoms with Gasteiger partial charge in [0.25, 0.3) is 0 Å². The van der Waals surface area contributed by atoms with Gasteiger partial charge in [0, 0.05) is 22.7 Å². The van der Waals surface area contributed by atoms with Crippen molar-refractivity contribution in [1.82, 2.24) is 15.0 Å². The van der Waals surface area contributed by atoms with Gasteiger partial charge in [-0.05, 0) is 31.2 Å². The Kier molecular flexibility index (Phi) is 2.15. The molecule has 3 aromatic rings. The van der Waals surface area contributed by atoms with E-state index in [1.807, 2.05) is 24.4 Å². The highest BCUT2D eigenvalue weighted by molar-refractivity contribution is 7.15. The molecule has 0 spiro atoms. The third kappa shape index (κ3) is 1.57. The monoisotopic (exact) mass is 227 g/mol. The van der Waals surface area contributed by atoms with Gasteiger partial charge in [0.15, 0.2) is 11.5 Å². The van der Waals surface area contributed by atoms with Gasteiger partial charge in [-0.1, -0.05) is 0 Å². The number of thiophene rings is 1. The van der Waals surface area contributed by atoms with Crippen molar-refractivity contribution in [3.8, 4) is 10.7 Å². The van der Waals surface area contributed by atoms with E-state index >= 15 is 0 Å². The Morgan fingerprint density at radius 2 is 2.06 bits per heavy atom. The van der Waals surface area contributed by atoms with Gasteiger partial charge in [-0.3, -0.25) is 0 Å². The van der Waals surface area contributed by atoms with E-state index in [1.165, 1.54) is 4.88 Å². The molecule has 3 rings (SSSR count). The molecule has 0 aliphatic rings. The molecule has 0 amide bonds. The first-order chi connectivity index (χ1) is 7.83. The summed E-state index contributed by atoms with van der Waals surface area (Å²) < 4.78 is 0. The summed E-state index contributed by atoms with van der Waals surface area (Å²) in [5.41, 5.74) is 0.749. The molecule has 0 radical (unpaired) electrons. The van der Waals surface area contributed by atoms with E-state index < -0.39 is 0 Å². The minimum absolute atomic E-state index is 0.749. The highest BCUT2D eigenvalue weighted by atomic mass is 32.1. The Labute approximate surface area is 96.8 Å². The second-order valence-electron chi connectivity index (χ2n) is 3.52. The first-order valence-electron chi connectivity index (χ1n) is 4.97. The van der Waals surface area contributed by atoms with Crippen molar-refractivity contribution in [1.29, 1.82) is 0 Å². The first kappa shape index (κ1) is 9.42.